The van der Waals surface area contributed by atoms with Crippen LogP contribution in [0.3, 0.4) is 0 Å². The second-order valence-electron chi connectivity index (χ2n) is 4.98. The number of pyridine rings is 1. The standard InChI is InChI=1S/C14H16N4O2/c19-13-11(4-1-5-17-13)14(20)18-8-2-3-10(9-18)12-15-6-7-16-12/h1,4-7,10H,2-3,8-9H2,(H,15,16)(H,17,19)/t10-/m0/s1. The number of imidazole rings is 1. The zero-order chi connectivity index (χ0) is 13.9. The summed E-state index contributed by atoms with van der Waals surface area (Å²) in [4.78, 5) is 35.7. The van der Waals surface area contributed by atoms with Crippen molar-refractivity contribution in [2.45, 2.75) is 18.8 Å². The summed E-state index contributed by atoms with van der Waals surface area (Å²) >= 11 is 0. The molecule has 0 unspecified atom stereocenters. The molecule has 0 aromatic carbocycles. The lowest BCUT2D eigenvalue weighted by Gasteiger charge is -2.31. The van der Waals surface area contributed by atoms with Gasteiger partial charge in [-0.25, -0.2) is 4.98 Å². The maximum absolute atomic E-state index is 12.4. The number of hydrogen-bond acceptors (Lipinski definition) is 3. The van der Waals surface area contributed by atoms with Gasteiger partial charge in [0.1, 0.15) is 11.4 Å². The highest BCUT2D eigenvalue weighted by Crippen LogP contribution is 2.24. The number of rotatable bonds is 2. The third-order valence-corrected chi connectivity index (χ3v) is 3.66. The summed E-state index contributed by atoms with van der Waals surface area (Å²) in [6, 6.07) is 3.24. The summed E-state index contributed by atoms with van der Waals surface area (Å²) < 4.78 is 0. The smallest absolute Gasteiger partial charge is 0.260 e. The van der Waals surface area contributed by atoms with Gasteiger partial charge in [0.15, 0.2) is 0 Å². The first-order valence-electron chi connectivity index (χ1n) is 6.72. The molecule has 1 atom stereocenters. The van der Waals surface area contributed by atoms with Gasteiger partial charge >= 0.3 is 0 Å². The van der Waals surface area contributed by atoms with Crippen molar-refractivity contribution < 1.29 is 4.79 Å². The summed E-state index contributed by atoms with van der Waals surface area (Å²) in [5.74, 6) is 0.915. The summed E-state index contributed by atoms with van der Waals surface area (Å²) in [5.41, 5.74) is -0.134. The first-order chi connectivity index (χ1) is 9.75. The van der Waals surface area contributed by atoms with Crippen LogP contribution in [-0.2, 0) is 0 Å². The van der Waals surface area contributed by atoms with Crippen LogP contribution in [0.25, 0.3) is 0 Å². The van der Waals surface area contributed by atoms with Crippen LogP contribution in [0.5, 0.6) is 0 Å². The van der Waals surface area contributed by atoms with E-state index in [9.17, 15) is 9.59 Å². The molecule has 1 fully saturated rings. The van der Waals surface area contributed by atoms with Gasteiger partial charge in [0.05, 0.1) is 0 Å². The number of piperidine rings is 1. The molecule has 2 aromatic heterocycles. The monoisotopic (exact) mass is 272 g/mol. The number of likely N-dealkylation sites (tertiary alicyclic amines) is 1. The number of hydrogen-bond donors (Lipinski definition) is 2. The van der Waals surface area contributed by atoms with E-state index in [1.807, 2.05) is 0 Å². The van der Waals surface area contributed by atoms with Crippen LogP contribution >= 0.6 is 0 Å². The van der Waals surface area contributed by atoms with Gasteiger partial charge in [-0.3, -0.25) is 9.59 Å². The number of nitrogens with one attached hydrogen (secondary N) is 2. The normalized spacial score (nSPS) is 19.0. The lowest BCUT2D eigenvalue weighted by molar-refractivity contribution is 0.0703. The van der Waals surface area contributed by atoms with Crippen molar-refractivity contribution in [1.82, 2.24) is 19.9 Å². The minimum absolute atomic E-state index is 0.201. The molecule has 6 nitrogen and oxygen atoms in total. The number of H-pyrrole nitrogens is 2. The lowest BCUT2D eigenvalue weighted by atomic mass is 9.97. The van der Waals surface area contributed by atoms with Crippen molar-refractivity contribution in [3.63, 3.8) is 0 Å². The summed E-state index contributed by atoms with van der Waals surface area (Å²) in [5, 5.41) is 0. The van der Waals surface area contributed by atoms with Crippen molar-refractivity contribution in [3.8, 4) is 0 Å². The zero-order valence-electron chi connectivity index (χ0n) is 11.0. The fraction of sp³-hybridized carbons (Fsp3) is 0.357. The second kappa shape index (κ2) is 5.32. The minimum atomic E-state index is -0.336. The highest BCUT2D eigenvalue weighted by molar-refractivity contribution is 5.93. The molecule has 0 radical (unpaired) electrons. The Kier molecular flexibility index (Phi) is 3.37. The van der Waals surface area contributed by atoms with E-state index in [1.165, 1.54) is 6.20 Å². The molecule has 0 aliphatic carbocycles. The van der Waals surface area contributed by atoms with Crippen LogP contribution in [0.15, 0.2) is 35.5 Å². The predicted octanol–water partition coefficient (Wildman–Crippen LogP) is 1.12. The lowest BCUT2D eigenvalue weighted by Crippen LogP contribution is -2.41. The van der Waals surface area contributed by atoms with E-state index < -0.39 is 0 Å². The molecule has 0 saturated carbocycles. The van der Waals surface area contributed by atoms with Crippen molar-refractivity contribution in [1.29, 1.82) is 0 Å². The quantitative estimate of drug-likeness (QED) is 0.859. The van der Waals surface area contributed by atoms with Gasteiger partial charge in [0.25, 0.3) is 11.5 Å². The minimum Gasteiger partial charge on any atom is -0.348 e. The number of carbonyl (C=O) groups is 1. The Hall–Kier alpha value is -2.37. The SMILES string of the molecule is O=C(c1ccc[nH]c1=O)N1CCC[C@H](c2ncc[nH]2)C1. The van der Waals surface area contributed by atoms with Crippen LogP contribution in [-0.4, -0.2) is 38.8 Å². The molecular weight excluding hydrogens is 256 g/mol. The van der Waals surface area contributed by atoms with Crippen molar-refractivity contribution in [2.75, 3.05) is 13.1 Å². The summed E-state index contributed by atoms with van der Waals surface area (Å²) in [6.07, 6.45) is 6.96. The third-order valence-electron chi connectivity index (χ3n) is 3.66. The largest absolute Gasteiger partial charge is 0.348 e. The van der Waals surface area contributed by atoms with Gasteiger partial charge in [-0.05, 0) is 25.0 Å². The highest BCUT2D eigenvalue weighted by Gasteiger charge is 2.27. The molecule has 20 heavy (non-hydrogen) atoms. The number of carbonyl (C=O) groups excluding carboxylic acids is 1. The van der Waals surface area contributed by atoms with Crippen molar-refractivity contribution >= 4 is 5.91 Å². The van der Waals surface area contributed by atoms with Crippen LogP contribution in [0.4, 0.5) is 0 Å². The highest BCUT2D eigenvalue weighted by atomic mass is 16.2. The molecule has 2 N–H and O–H groups in total. The Balaban J connectivity index is 1.79. The van der Waals surface area contributed by atoms with Crippen LogP contribution in [0.1, 0.15) is 34.9 Å². The molecule has 3 rings (SSSR count). The van der Waals surface area contributed by atoms with Crippen LogP contribution < -0.4 is 5.56 Å². The molecule has 1 saturated heterocycles. The topological polar surface area (TPSA) is 81.8 Å². The van der Waals surface area contributed by atoms with Crippen LogP contribution in [0.2, 0.25) is 0 Å². The second-order valence-corrected chi connectivity index (χ2v) is 4.98. The molecule has 3 heterocycles. The number of amides is 1. The molecule has 1 aliphatic heterocycles. The maximum atomic E-state index is 12.4. The fourth-order valence-electron chi connectivity index (χ4n) is 2.65. The third kappa shape index (κ3) is 2.36. The van der Waals surface area contributed by atoms with E-state index in [0.29, 0.717) is 13.1 Å². The van der Waals surface area contributed by atoms with E-state index in [-0.39, 0.29) is 22.9 Å². The molecule has 1 aliphatic rings. The van der Waals surface area contributed by atoms with Gasteiger partial charge in [0.2, 0.25) is 0 Å². The maximum Gasteiger partial charge on any atom is 0.260 e. The Labute approximate surface area is 115 Å². The number of nitrogens with zero attached hydrogens (tertiary/aromatic N) is 2. The number of aromatic nitrogens is 3. The Morgan fingerprint density at radius 1 is 1.35 bits per heavy atom. The average Bonchev–Trinajstić information content (AvgIpc) is 3.01. The molecule has 0 bridgehead atoms. The molecule has 2 aromatic rings. The Morgan fingerprint density at radius 3 is 3.00 bits per heavy atom. The van der Waals surface area contributed by atoms with E-state index in [1.54, 1.807) is 29.4 Å². The number of aromatic amines is 2. The van der Waals surface area contributed by atoms with E-state index >= 15 is 0 Å². The summed E-state index contributed by atoms with van der Waals surface area (Å²) in [6.45, 7) is 1.28. The first kappa shape index (κ1) is 12.7. The van der Waals surface area contributed by atoms with Crippen LogP contribution in [0, 0.1) is 0 Å². The Morgan fingerprint density at radius 2 is 2.25 bits per heavy atom. The van der Waals surface area contributed by atoms with Gasteiger partial charge < -0.3 is 14.9 Å². The van der Waals surface area contributed by atoms with Crippen molar-refractivity contribution in [2.24, 2.45) is 0 Å². The van der Waals surface area contributed by atoms with Gasteiger partial charge in [0, 0.05) is 37.6 Å². The molecule has 1 amide bonds. The zero-order valence-corrected chi connectivity index (χ0v) is 11.0. The van der Waals surface area contributed by atoms with Crippen molar-refractivity contribution in [3.05, 3.63) is 52.5 Å². The summed E-state index contributed by atoms with van der Waals surface area (Å²) in [7, 11) is 0. The molecular formula is C14H16N4O2. The van der Waals surface area contributed by atoms with E-state index in [0.717, 1.165) is 18.7 Å². The van der Waals surface area contributed by atoms with Gasteiger partial charge in [-0.15, -0.1) is 0 Å². The molecule has 0 spiro atoms. The van der Waals surface area contributed by atoms with Gasteiger partial charge in [-0.2, -0.15) is 0 Å². The van der Waals surface area contributed by atoms with Gasteiger partial charge in [-0.1, -0.05) is 0 Å². The van der Waals surface area contributed by atoms with E-state index in [2.05, 4.69) is 15.0 Å². The Bertz CT molecular complexity index is 647. The average molecular weight is 272 g/mol. The predicted molar refractivity (Wildman–Crippen MR) is 73.5 cm³/mol. The fourth-order valence-corrected chi connectivity index (χ4v) is 2.65. The first-order valence-corrected chi connectivity index (χ1v) is 6.72. The molecule has 6 heteroatoms. The van der Waals surface area contributed by atoms with E-state index in [4.69, 9.17) is 0 Å². The molecule has 104 valence electrons.